The summed E-state index contributed by atoms with van der Waals surface area (Å²) in [5.41, 5.74) is 3.65. The third-order valence-electron chi connectivity index (χ3n) is 4.60. The van der Waals surface area contributed by atoms with Gasteiger partial charge in [-0.25, -0.2) is 5.48 Å². The molecule has 2 saturated carbocycles. The molecule has 2 aliphatic rings. The van der Waals surface area contributed by atoms with Crippen molar-refractivity contribution in [3.8, 4) is 0 Å². The number of carbonyl (C=O) groups excluding carboxylic acids is 1. The molecule has 1 amide bonds. The second-order valence-corrected chi connectivity index (χ2v) is 5.94. The number of hydroxylamine groups is 1. The number of hydrogen-bond donors (Lipinski definition) is 1. The third-order valence-corrected chi connectivity index (χ3v) is 4.60. The second-order valence-electron chi connectivity index (χ2n) is 5.94. The molecule has 1 N–H and O–H groups in total. The van der Waals surface area contributed by atoms with Crippen LogP contribution < -0.4 is 5.48 Å². The minimum absolute atomic E-state index is 0.0356. The van der Waals surface area contributed by atoms with Crippen LogP contribution in [0.2, 0.25) is 0 Å². The number of rotatable bonds is 5. The molecular formula is C16H21NO2. The van der Waals surface area contributed by atoms with Gasteiger partial charge in [0.25, 0.3) is 0 Å². The van der Waals surface area contributed by atoms with E-state index in [1.165, 1.54) is 25.7 Å². The first-order chi connectivity index (χ1) is 9.31. The maximum Gasteiger partial charge on any atom is 0.243 e. The summed E-state index contributed by atoms with van der Waals surface area (Å²) in [7, 11) is 0. The average molecular weight is 259 g/mol. The van der Waals surface area contributed by atoms with Crippen LogP contribution in [-0.2, 0) is 16.2 Å². The van der Waals surface area contributed by atoms with Crippen LogP contribution in [0.25, 0.3) is 0 Å². The summed E-state index contributed by atoms with van der Waals surface area (Å²) in [5, 5.41) is 0. The third kappa shape index (κ3) is 3.16. The van der Waals surface area contributed by atoms with Gasteiger partial charge < -0.3 is 0 Å². The molecule has 2 aliphatic carbocycles. The van der Waals surface area contributed by atoms with Crippen molar-refractivity contribution in [2.45, 2.75) is 38.7 Å². The van der Waals surface area contributed by atoms with E-state index in [0.717, 1.165) is 17.4 Å². The lowest BCUT2D eigenvalue weighted by molar-refractivity contribution is -0.135. The Balaban J connectivity index is 1.38. The predicted octanol–water partition coefficient (Wildman–Crippen LogP) is 3.06. The monoisotopic (exact) mass is 259 g/mol. The van der Waals surface area contributed by atoms with Crippen molar-refractivity contribution in [1.29, 1.82) is 0 Å². The van der Waals surface area contributed by atoms with Crippen molar-refractivity contribution in [3.63, 3.8) is 0 Å². The average Bonchev–Trinajstić information content (AvgIpc) is 3.02. The lowest BCUT2D eigenvalue weighted by Gasteiger charge is -2.20. The molecular weight excluding hydrogens is 238 g/mol. The molecule has 0 aliphatic heterocycles. The van der Waals surface area contributed by atoms with Crippen LogP contribution in [0.4, 0.5) is 0 Å². The molecule has 3 rings (SSSR count). The van der Waals surface area contributed by atoms with Crippen LogP contribution in [0.5, 0.6) is 0 Å². The van der Waals surface area contributed by atoms with Gasteiger partial charge >= 0.3 is 0 Å². The smallest absolute Gasteiger partial charge is 0.243 e. The molecule has 0 unspecified atom stereocenters. The van der Waals surface area contributed by atoms with Crippen LogP contribution in [0.3, 0.4) is 0 Å². The Hall–Kier alpha value is -1.35. The van der Waals surface area contributed by atoms with Gasteiger partial charge in [-0.05, 0) is 42.6 Å². The number of hydrogen-bond acceptors (Lipinski definition) is 2. The van der Waals surface area contributed by atoms with E-state index >= 15 is 0 Å². The molecule has 1 aromatic carbocycles. The second kappa shape index (κ2) is 5.74. The van der Waals surface area contributed by atoms with Crippen LogP contribution in [0.1, 0.15) is 37.7 Å². The highest BCUT2D eigenvalue weighted by molar-refractivity contribution is 5.75. The van der Waals surface area contributed by atoms with E-state index in [1.807, 2.05) is 30.3 Å². The summed E-state index contributed by atoms with van der Waals surface area (Å²) in [4.78, 5) is 17.1. The van der Waals surface area contributed by atoms with Gasteiger partial charge in [0.15, 0.2) is 0 Å². The highest BCUT2D eigenvalue weighted by Crippen LogP contribution is 2.49. The van der Waals surface area contributed by atoms with E-state index in [1.54, 1.807) is 0 Å². The first-order valence-corrected chi connectivity index (χ1v) is 7.26. The lowest BCUT2D eigenvalue weighted by atomic mass is 9.86. The Bertz CT molecular complexity index is 432. The van der Waals surface area contributed by atoms with Crippen molar-refractivity contribution in [2.24, 2.45) is 17.8 Å². The molecule has 0 heterocycles. The molecule has 0 saturated heterocycles. The normalized spacial score (nSPS) is 28.5. The van der Waals surface area contributed by atoms with E-state index in [2.05, 4.69) is 5.48 Å². The van der Waals surface area contributed by atoms with Crippen LogP contribution in [0.15, 0.2) is 30.3 Å². The fourth-order valence-electron chi connectivity index (χ4n) is 3.68. The maximum absolute atomic E-state index is 11.8. The fourth-order valence-corrected chi connectivity index (χ4v) is 3.68. The van der Waals surface area contributed by atoms with E-state index < -0.39 is 0 Å². The number of amides is 1. The van der Waals surface area contributed by atoms with E-state index in [4.69, 9.17) is 4.84 Å². The fraction of sp³-hybridized carbons (Fsp3) is 0.562. The summed E-state index contributed by atoms with van der Waals surface area (Å²) in [6.07, 6.45) is 5.94. The minimum Gasteiger partial charge on any atom is -0.273 e. The predicted molar refractivity (Wildman–Crippen MR) is 72.9 cm³/mol. The zero-order chi connectivity index (χ0) is 13.1. The standard InChI is InChI=1S/C16H21NO2/c18-16(10-15-9-13-6-7-14(15)8-13)17-19-11-12-4-2-1-3-5-12/h1-5,13-15H,6-11H2,(H,17,18)/t13-,14+,15-/m0/s1. The van der Waals surface area contributed by atoms with Gasteiger partial charge in [0, 0.05) is 6.42 Å². The van der Waals surface area contributed by atoms with Crippen molar-refractivity contribution in [3.05, 3.63) is 35.9 Å². The highest BCUT2D eigenvalue weighted by Gasteiger charge is 2.40. The Morgan fingerprint density at radius 2 is 2.05 bits per heavy atom. The molecule has 3 heteroatoms. The largest absolute Gasteiger partial charge is 0.273 e. The number of fused-ring (bicyclic) bond motifs is 2. The molecule has 0 spiro atoms. The van der Waals surface area contributed by atoms with E-state index in [-0.39, 0.29) is 5.91 Å². The maximum atomic E-state index is 11.8. The van der Waals surface area contributed by atoms with Gasteiger partial charge in [-0.15, -0.1) is 0 Å². The molecule has 3 atom stereocenters. The van der Waals surface area contributed by atoms with E-state index in [0.29, 0.717) is 18.9 Å². The zero-order valence-electron chi connectivity index (χ0n) is 11.2. The summed E-state index contributed by atoms with van der Waals surface area (Å²) < 4.78 is 0. The van der Waals surface area contributed by atoms with Crippen molar-refractivity contribution >= 4 is 5.91 Å². The first kappa shape index (κ1) is 12.7. The van der Waals surface area contributed by atoms with Gasteiger partial charge in [0.1, 0.15) is 0 Å². The van der Waals surface area contributed by atoms with Gasteiger partial charge in [0.2, 0.25) is 5.91 Å². The first-order valence-electron chi connectivity index (χ1n) is 7.26. The van der Waals surface area contributed by atoms with Crippen LogP contribution >= 0.6 is 0 Å². The van der Waals surface area contributed by atoms with Crippen molar-refractivity contribution < 1.29 is 9.63 Å². The Labute approximate surface area is 114 Å². The summed E-state index contributed by atoms with van der Waals surface area (Å²) in [6.45, 7) is 0.434. The van der Waals surface area contributed by atoms with Gasteiger partial charge in [-0.3, -0.25) is 9.63 Å². The summed E-state index contributed by atoms with van der Waals surface area (Å²) >= 11 is 0. The van der Waals surface area contributed by atoms with Crippen molar-refractivity contribution in [1.82, 2.24) is 5.48 Å². The van der Waals surface area contributed by atoms with E-state index in [9.17, 15) is 4.79 Å². The Morgan fingerprint density at radius 1 is 1.21 bits per heavy atom. The molecule has 2 fully saturated rings. The Morgan fingerprint density at radius 3 is 2.74 bits per heavy atom. The topological polar surface area (TPSA) is 38.3 Å². The molecule has 0 aromatic heterocycles. The number of nitrogens with one attached hydrogen (secondary N) is 1. The summed E-state index contributed by atoms with van der Waals surface area (Å²) in [6, 6.07) is 9.88. The molecule has 2 bridgehead atoms. The van der Waals surface area contributed by atoms with Crippen LogP contribution in [-0.4, -0.2) is 5.91 Å². The minimum atomic E-state index is 0.0356. The molecule has 3 nitrogen and oxygen atoms in total. The van der Waals surface area contributed by atoms with Gasteiger partial charge in [-0.2, -0.15) is 0 Å². The highest BCUT2D eigenvalue weighted by atomic mass is 16.6. The number of carbonyl (C=O) groups is 1. The zero-order valence-corrected chi connectivity index (χ0v) is 11.2. The molecule has 102 valence electrons. The van der Waals surface area contributed by atoms with Gasteiger partial charge in [0.05, 0.1) is 6.61 Å². The number of benzene rings is 1. The Kier molecular flexibility index (Phi) is 3.83. The van der Waals surface area contributed by atoms with Crippen LogP contribution in [0, 0.1) is 17.8 Å². The lowest BCUT2D eigenvalue weighted by Crippen LogP contribution is -2.27. The summed E-state index contributed by atoms with van der Waals surface area (Å²) in [5.74, 6) is 2.32. The SMILES string of the molecule is O=C(C[C@@H]1C[C@H]2CC[C@@H]1C2)NOCc1ccccc1. The molecule has 1 aromatic rings. The quantitative estimate of drug-likeness (QED) is 0.825. The van der Waals surface area contributed by atoms with Gasteiger partial charge in [-0.1, -0.05) is 36.8 Å². The molecule has 19 heavy (non-hydrogen) atoms. The molecule has 0 radical (unpaired) electrons. The van der Waals surface area contributed by atoms with Crippen molar-refractivity contribution in [2.75, 3.05) is 0 Å².